The van der Waals surface area contributed by atoms with Crippen molar-refractivity contribution in [2.75, 3.05) is 0 Å². The molecule has 0 spiro atoms. The maximum Gasteiger partial charge on any atom is 0.273 e. The molecule has 3 heterocycles. The van der Waals surface area contributed by atoms with Crippen molar-refractivity contribution in [2.45, 2.75) is 6.54 Å². The first kappa shape index (κ1) is 13.4. The van der Waals surface area contributed by atoms with Crippen LogP contribution in [0.3, 0.4) is 0 Å². The summed E-state index contributed by atoms with van der Waals surface area (Å²) in [6, 6.07) is 7.90. The highest BCUT2D eigenvalue weighted by molar-refractivity contribution is 7.71. The molecule has 1 N–H and O–H groups in total. The Morgan fingerprint density at radius 1 is 1.27 bits per heavy atom. The molecule has 8 heteroatoms. The molecule has 1 aromatic carbocycles. The van der Waals surface area contributed by atoms with Gasteiger partial charge in [-0.25, -0.2) is 9.49 Å². The summed E-state index contributed by atoms with van der Waals surface area (Å²) in [5.74, 6) is 0.141. The molecular formula is C14H9FN4OS2. The van der Waals surface area contributed by atoms with E-state index in [0.29, 0.717) is 21.8 Å². The molecule has 0 aliphatic heterocycles. The van der Waals surface area contributed by atoms with Gasteiger partial charge in [0.2, 0.25) is 10.5 Å². The van der Waals surface area contributed by atoms with Crippen molar-refractivity contribution in [2.24, 2.45) is 0 Å². The topological polar surface area (TPSA) is 55.1 Å². The van der Waals surface area contributed by atoms with Crippen molar-refractivity contribution in [3.63, 3.8) is 0 Å². The van der Waals surface area contributed by atoms with Crippen molar-refractivity contribution in [1.29, 1.82) is 0 Å². The van der Waals surface area contributed by atoms with Crippen molar-refractivity contribution in [1.82, 2.24) is 19.2 Å². The summed E-state index contributed by atoms with van der Waals surface area (Å²) in [4.78, 5) is 12.7. The van der Waals surface area contributed by atoms with E-state index in [1.807, 2.05) is 11.4 Å². The molecule has 0 amide bonds. The molecule has 0 unspecified atom stereocenters. The number of aromatic nitrogens is 4. The molecule has 0 radical (unpaired) electrons. The number of H-pyrrole nitrogens is 1. The first-order chi connectivity index (χ1) is 10.6. The molecule has 0 saturated heterocycles. The van der Waals surface area contributed by atoms with E-state index in [1.165, 1.54) is 23.5 Å². The number of thiophene rings is 1. The number of hydrogen-bond donors (Lipinski definition) is 1. The summed E-state index contributed by atoms with van der Waals surface area (Å²) in [7, 11) is 0. The minimum atomic E-state index is -0.308. The Morgan fingerprint density at radius 2 is 2.05 bits per heavy atom. The monoisotopic (exact) mass is 332 g/mol. The van der Waals surface area contributed by atoms with Crippen molar-refractivity contribution < 1.29 is 4.39 Å². The van der Waals surface area contributed by atoms with Crippen LogP contribution in [0.25, 0.3) is 16.0 Å². The molecule has 0 fully saturated rings. The van der Waals surface area contributed by atoms with Crippen LogP contribution in [0, 0.1) is 10.6 Å². The number of fused-ring (bicyclic) bond motifs is 3. The third-order valence-electron chi connectivity index (χ3n) is 3.47. The van der Waals surface area contributed by atoms with Gasteiger partial charge in [0.25, 0.3) is 5.56 Å². The first-order valence-corrected chi connectivity index (χ1v) is 7.75. The van der Waals surface area contributed by atoms with Gasteiger partial charge in [-0.1, -0.05) is 12.1 Å². The van der Waals surface area contributed by atoms with Gasteiger partial charge >= 0.3 is 0 Å². The fourth-order valence-corrected chi connectivity index (χ4v) is 3.50. The van der Waals surface area contributed by atoms with Crippen LogP contribution in [0.2, 0.25) is 0 Å². The maximum atomic E-state index is 13.0. The second kappa shape index (κ2) is 4.85. The normalized spacial score (nSPS) is 11.5. The van der Waals surface area contributed by atoms with E-state index in [2.05, 4.69) is 10.2 Å². The van der Waals surface area contributed by atoms with E-state index in [-0.39, 0.29) is 11.4 Å². The number of benzene rings is 1. The van der Waals surface area contributed by atoms with Gasteiger partial charge in [-0.3, -0.25) is 13.8 Å². The molecule has 0 atom stereocenters. The zero-order chi connectivity index (χ0) is 15.3. The predicted octanol–water partition coefficient (Wildman–Crippen LogP) is 2.96. The van der Waals surface area contributed by atoms with Gasteiger partial charge in [-0.15, -0.1) is 16.4 Å². The van der Waals surface area contributed by atoms with Gasteiger partial charge in [0.15, 0.2) is 0 Å². The lowest BCUT2D eigenvalue weighted by molar-refractivity contribution is 0.626. The summed E-state index contributed by atoms with van der Waals surface area (Å²) in [5, 5.41) is 8.73. The smallest absolute Gasteiger partial charge is 0.271 e. The van der Waals surface area contributed by atoms with Crippen LogP contribution in [0.5, 0.6) is 0 Å². The highest BCUT2D eigenvalue weighted by Gasteiger charge is 2.14. The Kier molecular flexibility index (Phi) is 2.95. The average Bonchev–Trinajstić information content (AvgIpc) is 3.12. The number of aromatic amines is 1. The Labute approximate surface area is 132 Å². The summed E-state index contributed by atoms with van der Waals surface area (Å²) in [6.45, 7) is 0.302. The van der Waals surface area contributed by atoms with Crippen LogP contribution in [0.4, 0.5) is 4.39 Å². The Hall–Kier alpha value is -2.32. The maximum absolute atomic E-state index is 13.0. The molecular weight excluding hydrogens is 323 g/mol. The number of halogens is 1. The molecule has 0 aliphatic carbocycles. The van der Waals surface area contributed by atoms with Gasteiger partial charge < -0.3 is 0 Å². The van der Waals surface area contributed by atoms with Gasteiger partial charge in [0, 0.05) is 0 Å². The Bertz CT molecular complexity index is 1100. The van der Waals surface area contributed by atoms with Gasteiger partial charge in [0.1, 0.15) is 10.5 Å². The largest absolute Gasteiger partial charge is 0.273 e. The summed E-state index contributed by atoms with van der Waals surface area (Å²) < 4.78 is 17.4. The lowest BCUT2D eigenvalue weighted by atomic mass is 10.2. The van der Waals surface area contributed by atoms with E-state index in [0.717, 1.165) is 11.1 Å². The lowest BCUT2D eigenvalue weighted by Crippen LogP contribution is -2.23. The van der Waals surface area contributed by atoms with Crippen LogP contribution in [0.1, 0.15) is 5.56 Å². The van der Waals surface area contributed by atoms with Crippen LogP contribution in [-0.2, 0) is 6.54 Å². The van der Waals surface area contributed by atoms with Gasteiger partial charge in [-0.05, 0) is 41.4 Å². The highest BCUT2D eigenvalue weighted by Crippen LogP contribution is 2.19. The standard InChI is InChI=1S/C14H9FN4OS2/c15-9-3-1-8(2-4-9)7-18-12(20)11-10(5-6-22-11)19-13(18)16-17-14(19)21/h1-6H,7H2,(H,17,21). The quantitative estimate of drug-likeness (QED) is 0.574. The SMILES string of the molecule is O=c1c2sccc2n2c(=S)[nH]nc2n1Cc1ccc(F)cc1. The number of hydrogen-bond acceptors (Lipinski definition) is 4. The minimum Gasteiger partial charge on any atom is -0.271 e. The summed E-state index contributed by atoms with van der Waals surface area (Å²) in [6.07, 6.45) is 0. The third kappa shape index (κ3) is 1.92. The molecule has 22 heavy (non-hydrogen) atoms. The minimum absolute atomic E-state index is 0.129. The zero-order valence-electron chi connectivity index (χ0n) is 11.1. The predicted molar refractivity (Wildman–Crippen MR) is 85.5 cm³/mol. The number of rotatable bonds is 2. The first-order valence-electron chi connectivity index (χ1n) is 6.47. The molecule has 0 bridgehead atoms. The molecule has 3 aromatic heterocycles. The van der Waals surface area contributed by atoms with E-state index in [1.54, 1.807) is 21.1 Å². The zero-order valence-corrected chi connectivity index (χ0v) is 12.7. The van der Waals surface area contributed by atoms with E-state index in [9.17, 15) is 9.18 Å². The van der Waals surface area contributed by atoms with E-state index in [4.69, 9.17) is 12.2 Å². The van der Waals surface area contributed by atoms with E-state index < -0.39 is 0 Å². The molecule has 0 aliphatic rings. The third-order valence-corrected chi connectivity index (χ3v) is 4.64. The van der Waals surface area contributed by atoms with E-state index >= 15 is 0 Å². The lowest BCUT2D eigenvalue weighted by Gasteiger charge is -2.08. The second-order valence-electron chi connectivity index (χ2n) is 4.82. The average molecular weight is 332 g/mol. The van der Waals surface area contributed by atoms with Gasteiger partial charge in [-0.2, -0.15) is 0 Å². The molecule has 110 valence electrons. The summed E-state index contributed by atoms with van der Waals surface area (Å²) in [5.41, 5.74) is 1.44. The fraction of sp³-hybridized carbons (Fsp3) is 0.0714. The van der Waals surface area contributed by atoms with Crippen molar-refractivity contribution in [3.8, 4) is 0 Å². The van der Waals surface area contributed by atoms with Crippen molar-refractivity contribution in [3.05, 3.63) is 62.2 Å². The number of nitrogens with one attached hydrogen (secondary N) is 1. The van der Waals surface area contributed by atoms with Crippen LogP contribution in [0.15, 0.2) is 40.5 Å². The fourth-order valence-electron chi connectivity index (χ4n) is 2.45. The molecule has 4 rings (SSSR count). The Balaban J connectivity index is 2.02. The second-order valence-corrected chi connectivity index (χ2v) is 6.12. The molecule has 5 nitrogen and oxygen atoms in total. The molecule has 0 saturated carbocycles. The van der Waals surface area contributed by atoms with Gasteiger partial charge in [0.05, 0.1) is 12.1 Å². The molecule has 4 aromatic rings. The highest BCUT2D eigenvalue weighted by atomic mass is 32.1. The van der Waals surface area contributed by atoms with Crippen LogP contribution >= 0.6 is 23.6 Å². The van der Waals surface area contributed by atoms with Crippen LogP contribution in [-0.4, -0.2) is 19.2 Å². The van der Waals surface area contributed by atoms with Crippen molar-refractivity contribution >= 4 is 39.5 Å². The summed E-state index contributed by atoms with van der Waals surface area (Å²) >= 11 is 6.62. The Morgan fingerprint density at radius 3 is 2.82 bits per heavy atom. The van der Waals surface area contributed by atoms with Crippen LogP contribution < -0.4 is 5.56 Å². The number of nitrogens with zero attached hydrogens (tertiary/aromatic N) is 3.